The molecule has 1 saturated carbocycles. The van der Waals surface area contributed by atoms with Crippen molar-refractivity contribution < 1.29 is 4.79 Å². The summed E-state index contributed by atoms with van der Waals surface area (Å²) in [4.78, 5) is 22.3. The van der Waals surface area contributed by atoms with E-state index in [1.54, 1.807) is 0 Å². The zero-order valence-corrected chi connectivity index (χ0v) is 28.4. The average Bonchev–Trinajstić information content (AvgIpc) is 3.62. The number of rotatable bonds is 9. The summed E-state index contributed by atoms with van der Waals surface area (Å²) in [6.45, 7) is 13.6. The largest absolute Gasteiger partial charge is 0.354 e. The topological polar surface area (TPSA) is 67.0 Å². The summed E-state index contributed by atoms with van der Waals surface area (Å²) in [7, 11) is 2.07. The van der Waals surface area contributed by atoms with E-state index in [2.05, 4.69) is 122 Å². The van der Waals surface area contributed by atoms with Gasteiger partial charge in [0.25, 0.3) is 0 Å². The molecule has 5 aliphatic rings. The third-order valence-corrected chi connectivity index (χ3v) is 11.0. The number of likely N-dealkylation sites (N-methyl/N-ethyl adjacent to an activating group) is 1. The van der Waals surface area contributed by atoms with Crippen molar-refractivity contribution in [2.24, 2.45) is 11.0 Å². The first-order valence-corrected chi connectivity index (χ1v) is 17.3. The number of carbonyl (C=O) groups is 1. The van der Waals surface area contributed by atoms with E-state index in [0.29, 0.717) is 12.0 Å². The highest BCUT2D eigenvalue weighted by atomic mass is 16.2. The number of fused-ring (bicyclic) bond motifs is 5. The lowest BCUT2D eigenvalue weighted by Crippen LogP contribution is -2.55. The molecule has 2 aromatic carbocycles. The molecule has 3 fully saturated rings. The van der Waals surface area contributed by atoms with Gasteiger partial charge in [-0.25, -0.2) is 5.01 Å². The van der Waals surface area contributed by atoms with Gasteiger partial charge in [-0.1, -0.05) is 30.2 Å². The second kappa shape index (κ2) is 12.1. The van der Waals surface area contributed by atoms with E-state index < -0.39 is 5.41 Å². The Morgan fingerprint density at radius 1 is 1.09 bits per heavy atom. The van der Waals surface area contributed by atoms with E-state index in [1.165, 1.54) is 51.7 Å². The number of amides is 1. The highest BCUT2D eigenvalue weighted by Crippen LogP contribution is 2.41. The fraction of sp³-hybridized carbons (Fsp3) is 0.487. The fourth-order valence-corrected chi connectivity index (χ4v) is 8.28. The van der Waals surface area contributed by atoms with Gasteiger partial charge >= 0.3 is 0 Å². The Balaban J connectivity index is 1.15. The van der Waals surface area contributed by atoms with Gasteiger partial charge in [-0.3, -0.25) is 4.79 Å². The smallest absolute Gasteiger partial charge is 0.232 e. The molecule has 2 saturated heterocycles. The maximum Gasteiger partial charge on any atom is 0.232 e. The zero-order chi connectivity index (χ0) is 32.2. The summed E-state index contributed by atoms with van der Waals surface area (Å²) < 4.78 is 0. The summed E-state index contributed by atoms with van der Waals surface area (Å²) >= 11 is 0. The molecular formula is C39H50N6O. The molecule has 7 heteroatoms. The highest BCUT2D eigenvalue weighted by molar-refractivity contribution is 5.94. The predicted octanol–water partition coefficient (Wildman–Crippen LogP) is 7.18. The molecule has 0 radical (unpaired) electrons. The minimum absolute atomic E-state index is 0.181. The van der Waals surface area contributed by atoms with Crippen LogP contribution < -0.4 is 5.32 Å². The molecule has 2 N–H and O–H groups in total. The van der Waals surface area contributed by atoms with Gasteiger partial charge in [-0.05, 0) is 137 Å². The summed E-state index contributed by atoms with van der Waals surface area (Å²) in [6, 6.07) is 13.9. The minimum Gasteiger partial charge on any atom is -0.354 e. The van der Waals surface area contributed by atoms with Crippen LogP contribution in [0.5, 0.6) is 0 Å². The molecule has 2 bridgehead atoms. The second-order valence-corrected chi connectivity index (χ2v) is 14.9. The summed E-state index contributed by atoms with van der Waals surface area (Å²) in [6.07, 6.45) is 14.5. The summed E-state index contributed by atoms with van der Waals surface area (Å²) in [5, 5.41) is 11.4. The van der Waals surface area contributed by atoms with E-state index in [1.807, 2.05) is 11.3 Å². The van der Waals surface area contributed by atoms with Gasteiger partial charge in [-0.15, -0.1) is 0 Å². The first-order valence-electron chi connectivity index (χ1n) is 17.3. The number of allylic oxidation sites excluding steroid dienone is 1. The number of benzene rings is 2. The number of carbonyl (C=O) groups excluding carboxylic acids is 1. The van der Waals surface area contributed by atoms with Crippen LogP contribution in [0, 0.1) is 19.8 Å². The van der Waals surface area contributed by atoms with E-state index in [9.17, 15) is 4.79 Å². The molecule has 1 amide bonds. The molecule has 5 heterocycles. The summed E-state index contributed by atoms with van der Waals surface area (Å²) in [5.41, 5.74) is 9.24. The Morgan fingerprint density at radius 2 is 1.85 bits per heavy atom. The maximum absolute atomic E-state index is 14.1. The van der Waals surface area contributed by atoms with Gasteiger partial charge in [0.15, 0.2) is 0 Å². The molecule has 46 heavy (non-hydrogen) atoms. The Morgan fingerprint density at radius 3 is 2.57 bits per heavy atom. The van der Waals surface area contributed by atoms with Gasteiger partial charge in [0.2, 0.25) is 5.91 Å². The first kappa shape index (κ1) is 30.8. The number of H-pyrrole nitrogens is 1. The van der Waals surface area contributed by atoms with Gasteiger partial charge in [0, 0.05) is 43.3 Å². The van der Waals surface area contributed by atoms with Crippen molar-refractivity contribution in [1.82, 2.24) is 25.1 Å². The van der Waals surface area contributed by atoms with Crippen molar-refractivity contribution in [2.45, 2.75) is 90.3 Å². The van der Waals surface area contributed by atoms with Crippen LogP contribution in [-0.4, -0.2) is 70.9 Å². The molecule has 1 aromatic heterocycles. The first-order chi connectivity index (χ1) is 22.1. The summed E-state index contributed by atoms with van der Waals surface area (Å²) in [5.74, 6) is 1.22. The molecular weight excluding hydrogens is 568 g/mol. The number of nitrogens with zero attached hydrogens (tertiary/aromatic N) is 4. The number of aromatic amines is 1. The lowest BCUT2D eigenvalue weighted by atomic mass is 9.76. The molecule has 0 spiro atoms. The molecule has 8 rings (SSSR count). The number of piperidine rings is 2. The molecule has 242 valence electrons. The quantitative estimate of drug-likeness (QED) is 0.249. The van der Waals surface area contributed by atoms with Crippen LogP contribution >= 0.6 is 0 Å². The molecule has 1 unspecified atom stereocenters. The van der Waals surface area contributed by atoms with Crippen LogP contribution in [0.1, 0.15) is 81.0 Å². The Kier molecular flexibility index (Phi) is 8.08. The molecule has 3 aromatic rings. The average molecular weight is 619 g/mol. The minimum atomic E-state index is -0.586. The van der Waals surface area contributed by atoms with Crippen molar-refractivity contribution >= 4 is 23.1 Å². The van der Waals surface area contributed by atoms with Crippen molar-refractivity contribution in [1.29, 1.82) is 0 Å². The van der Waals surface area contributed by atoms with E-state index >= 15 is 0 Å². The predicted molar refractivity (Wildman–Crippen MR) is 189 cm³/mol. The van der Waals surface area contributed by atoms with E-state index in [4.69, 9.17) is 0 Å². The van der Waals surface area contributed by atoms with E-state index in [0.717, 1.165) is 50.0 Å². The third-order valence-electron chi connectivity index (χ3n) is 11.0. The third kappa shape index (κ3) is 5.68. The van der Waals surface area contributed by atoms with Crippen LogP contribution in [0.15, 0.2) is 65.4 Å². The number of aromatic nitrogens is 1. The van der Waals surface area contributed by atoms with Gasteiger partial charge < -0.3 is 20.1 Å². The number of hydrogen-bond acceptors (Lipinski definition) is 5. The Labute approximate surface area is 274 Å². The molecule has 1 aliphatic carbocycles. The van der Waals surface area contributed by atoms with Crippen molar-refractivity contribution in [2.75, 3.05) is 26.7 Å². The maximum atomic E-state index is 14.1. The van der Waals surface area contributed by atoms with Crippen LogP contribution in [0.4, 0.5) is 0 Å². The number of aryl methyl sites for hydroxylation is 2. The lowest BCUT2D eigenvalue weighted by molar-refractivity contribution is -0.144. The monoisotopic (exact) mass is 618 g/mol. The fourth-order valence-electron chi connectivity index (χ4n) is 8.28. The molecule has 7 nitrogen and oxygen atoms in total. The lowest BCUT2D eigenvalue weighted by Gasteiger charge is -2.47. The van der Waals surface area contributed by atoms with Crippen LogP contribution in [0.3, 0.4) is 0 Å². The van der Waals surface area contributed by atoms with Crippen molar-refractivity contribution in [3.05, 3.63) is 82.6 Å². The number of hydrogen-bond donors (Lipinski definition) is 2. The van der Waals surface area contributed by atoms with Crippen LogP contribution in [-0.2, 0) is 10.2 Å². The van der Waals surface area contributed by atoms with Crippen LogP contribution in [0.25, 0.3) is 22.2 Å². The number of hydrazone groups is 1. The second-order valence-electron chi connectivity index (χ2n) is 14.9. The van der Waals surface area contributed by atoms with Gasteiger partial charge in [-0.2, -0.15) is 5.10 Å². The SMILES string of the molecule is Cc1cc(C)cc(-c2[nH]c3ccc(C(C)(C)C(=O)N4CC5CCC4CC5)cc3c2[C@H](C)CNCCC2=CC3N(C)C=NN3C=C2)c1. The van der Waals surface area contributed by atoms with Crippen molar-refractivity contribution in [3.8, 4) is 11.3 Å². The Bertz CT molecular complexity index is 1700. The van der Waals surface area contributed by atoms with E-state index in [-0.39, 0.29) is 18.0 Å². The van der Waals surface area contributed by atoms with Gasteiger partial charge in [0.05, 0.1) is 11.1 Å². The Hall–Kier alpha value is -3.84. The van der Waals surface area contributed by atoms with Gasteiger partial charge in [0.1, 0.15) is 12.5 Å². The standard InChI is InChI=1S/C39H50N6O/c1-25-17-26(2)19-30(18-25)37-36(27(3)22-40-15-13-28-14-16-45-35(20-28)43(6)24-41-45)33-21-31(9-12-34(33)42-37)39(4,5)38(46)44-23-29-7-10-32(44)11-8-29/h9,12,14,16-21,24,27,29,32,35,40,42H,7-8,10-11,13,15,22-23H2,1-6H3/t27-,29?,32?,35?/m1/s1. The van der Waals surface area contributed by atoms with Crippen LogP contribution in [0.2, 0.25) is 0 Å². The zero-order valence-electron chi connectivity index (χ0n) is 28.4. The van der Waals surface area contributed by atoms with Crippen molar-refractivity contribution in [3.63, 3.8) is 0 Å². The highest BCUT2D eigenvalue weighted by Gasteiger charge is 2.42. The molecule has 2 atom stereocenters. The molecule has 4 aliphatic heterocycles. The normalized spacial score (nSPS) is 23.0. The number of nitrogens with one attached hydrogen (secondary N) is 2.